The maximum atomic E-state index is 12.1. The molecule has 0 spiro atoms. The number of aromatic carboxylic acids is 1. The molecular weight excluding hydrogens is 264 g/mol. The molecule has 108 valence electrons. The lowest BCUT2D eigenvalue weighted by molar-refractivity contribution is -0.00139. The molecule has 1 saturated heterocycles. The van der Waals surface area contributed by atoms with Crippen LogP contribution in [0.25, 0.3) is 0 Å². The first-order valence-corrected chi connectivity index (χ1v) is 6.21. The van der Waals surface area contributed by atoms with Crippen molar-refractivity contribution in [1.82, 2.24) is 4.90 Å². The number of morpholine rings is 1. The highest BCUT2D eigenvalue weighted by molar-refractivity contribution is 6.00. The molecule has 0 aliphatic carbocycles. The van der Waals surface area contributed by atoms with Crippen LogP contribution >= 0.6 is 0 Å². The molecule has 7 heteroatoms. The first-order chi connectivity index (χ1) is 9.47. The molecule has 0 bridgehead atoms. The number of hydrogen-bond donors (Lipinski definition) is 3. The second kappa shape index (κ2) is 5.79. The first-order valence-electron chi connectivity index (χ1n) is 6.21. The Bertz CT molecular complexity index is 531. The highest BCUT2D eigenvalue weighted by Gasteiger charge is 2.22. The molecule has 0 saturated carbocycles. The zero-order chi connectivity index (χ0) is 14.7. The number of carbonyl (C=O) groups excluding carboxylic acids is 1. The van der Waals surface area contributed by atoms with Gasteiger partial charge in [-0.05, 0) is 25.1 Å². The fraction of sp³-hybridized carbons (Fsp3) is 0.385. The molecular formula is C13H16N2O5. The van der Waals surface area contributed by atoms with Crippen LogP contribution in [0.1, 0.15) is 17.3 Å². The number of carboxylic acids is 1. The van der Waals surface area contributed by atoms with Gasteiger partial charge in [-0.15, -0.1) is 0 Å². The van der Waals surface area contributed by atoms with Gasteiger partial charge in [-0.2, -0.15) is 0 Å². The minimum Gasteiger partial charge on any atom is -0.508 e. The number of aromatic hydroxyl groups is 1. The van der Waals surface area contributed by atoms with Crippen LogP contribution in [0.15, 0.2) is 18.2 Å². The lowest BCUT2D eigenvalue weighted by Crippen LogP contribution is -2.46. The monoisotopic (exact) mass is 280 g/mol. The van der Waals surface area contributed by atoms with Gasteiger partial charge in [-0.3, -0.25) is 0 Å². The molecule has 1 fully saturated rings. The largest absolute Gasteiger partial charge is 0.508 e. The maximum Gasteiger partial charge on any atom is 0.337 e. The number of amides is 2. The summed E-state index contributed by atoms with van der Waals surface area (Å²) in [6, 6.07) is 3.40. The number of nitrogens with zero attached hydrogens (tertiary/aromatic N) is 1. The summed E-state index contributed by atoms with van der Waals surface area (Å²) in [4.78, 5) is 24.7. The number of phenols is 1. The molecule has 1 aliphatic rings. The summed E-state index contributed by atoms with van der Waals surface area (Å²) in [6.45, 7) is 3.22. The second-order valence-corrected chi connectivity index (χ2v) is 4.59. The van der Waals surface area contributed by atoms with E-state index in [4.69, 9.17) is 9.84 Å². The lowest BCUT2D eigenvalue weighted by Gasteiger charge is -2.31. The SMILES string of the molecule is CC1CN(C(=O)Nc2ccc(O)cc2C(=O)O)CCO1. The Morgan fingerprint density at radius 2 is 2.20 bits per heavy atom. The molecule has 20 heavy (non-hydrogen) atoms. The summed E-state index contributed by atoms with van der Waals surface area (Å²) in [5, 5.41) is 20.9. The van der Waals surface area contributed by atoms with Gasteiger partial charge in [0.15, 0.2) is 0 Å². The molecule has 1 aromatic rings. The smallest absolute Gasteiger partial charge is 0.337 e. The van der Waals surface area contributed by atoms with E-state index < -0.39 is 5.97 Å². The fourth-order valence-corrected chi connectivity index (χ4v) is 2.02. The highest BCUT2D eigenvalue weighted by atomic mass is 16.5. The molecule has 2 rings (SSSR count). The Hall–Kier alpha value is -2.28. The minimum absolute atomic E-state index is 0.0479. The Morgan fingerprint density at radius 1 is 1.45 bits per heavy atom. The number of carbonyl (C=O) groups is 2. The molecule has 1 aromatic carbocycles. The van der Waals surface area contributed by atoms with Gasteiger partial charge >= 0.3 is 12.0 Å². The molecule has 3 N–H and O–H groups in total. The average Bonchev–Trinajstić information content (AvgIpc) is 2.40. The third kappa shape index (κ3) is 3.18. The minimum atomic E-state index is -1.22. The van der Waals surface area contributed by atoms with Crippen molar-refractivity contribution in [2.24, 2.45) is 0 Å². The van der Waals surface area contributed by atoms with E-state index in [1.54, 1.807) is 4.90 Å². The summed E-state index contributed by atoms with van der Waals surface area (Å²) in [5.74, 6) is -1.38. The highest BCUT2D eigenvalue weighted by Crippen LogP contribution is 2.22. The van der Waals surface area contributed by atoms with Gasteiger partial charge in [0.1, 0.15) is 5.75 Å². The Balaban J connectivity index is 2.13. The molecule has 0 aromatic heterocycles. The summed E-state index contributed by atoms with van der Waals surface area (Å²) in [5.41, 5.74) is -0.000831. The summed E-state index contributed by atoms with van der Waals surface area (Å²) < 4.78 is 5.34. The van der Waals surface area contributed by atoms with E-state index in [0.717, 1.165) is 6.07 Å². The van der Waals surface area contributed by atoms with E-state index in [-0.39, 0.29) is 29.1 Å². The van der Waals surface area contributed by atoms with Crippen LogP contribution in [0.5, 0.6) is 5.75 Å². The van der Waals surface area contributed by atoms with Crippen molar-refractivity contribution < 1.29 is 24.5 Å². The quantitative estimate of drug-likeness (QED) is 0.710. The van der Waals surface area contributed by atoms with Crippen LogP contribution in [-0.4, -0.2) is 52.9 Å². The summed E-state index contributed by atoms with van der Waals surface area (Å²) in [7, 11) is 0. The fourth-order valence-electron chi connectivity index (χ4n) is 2.02. The molecule has 0 radical (unpaired) electrons. The van der Waals surface area contributed by atoms with Crippen molar-refractivity contribution in [3.8, 4) is 5.75 Å². The Kier molecular flexibility index (Phi) is 4.09. The predicted octanol–water partition coefficient (Wildman–Crippen LogP) is 1.34. The van der Waals surface area contributed by atoms with Crippen molar-refractivity contribution in [3.63, 3.8) is 0 Å². The summed E-state index contributed by atoms with van der Waals surface area (Å²) >= 11 is 0. The number of hydrogen-bond acceptors (Lipinski definition) is 4. The van der Waals surface area contributed by atoms with Gasteiger partial charge in [0.25, 0.3) is 0 Å². The number of phenolic OH excluding ortho intramolecular Hbond substituents is 1. The van der Waals surface area contributed by atoms with Gasteiger partial charge in [-0.1, -0.05) is 0 Å². The van der Waals surface area contributed by atoms with Crippen molar-refractivity contribution in [2.75, 3.05) is 25.0 Å². The average molecular weight is 280 g/mol. The standard InChI is InChI=1S/C13H16N2O5/c1-8-7-15(4-5-20-8)13(19)14-11-3-2-9(16)6-10(11)12(17)18/h2-3,6,8,16H,4-5,7H2,1H3,(H,14,19)(H,17,18). The molecule has 1 aliphatic heterocycles. The molecule has 2 amide bonds. The van der Waals surface area contributed by atoms with Gasteiger partial charge in [0, 0.05) is 13.1 Å². The van der Waals surface area contributed by atoms with Gasteiger partial charge in [0.2, 0.25) is 0 Å². The predicted molar refractivity (Wildman–Crippen MR) is 71.1 cm³/mol. The van der Waals surface area contributed by atoms with Gasteiger partial charge < -0.3 is 25.2 Å². The molecule has 1 atom stereocenters. The number of anilines is 1. The number of urea groups is 1. The second-order valence-electron chi connectivity index (χ2n) is 4.59. The topological polar surface area (TPSA) is 99.1 Å². The van der Waals surface area contributed by atoms with Crippen molar-refractivity contribution in [1.29, 1.82) is 0 Å². The number of rotatable bonds is 2. The van der Waals surface area contributed by atoms with E-state index >= 15 is 0 Å². The lowest BCUT2D eigenvalue weighted by atomic mass is 10.1. The van der Waals surface area contributed by atoms with Crippen LogP contribution < -0.4 is 5.32 Å². The third-order valence-electron chi connectivity index (χ3n) is 3.00. The number of carboxylic acid groups (broad SMARTS) is 1. The third-order valence-corrected chi connectivity index (χ3v) is 3.00. The number of ether oxygens (including phenoxy) is 1. The first kappa shape index (κ1) is 14.1. The van der Waals surface area contributed by atoms with Crippen LogP contribution in [-0.2, 0) is 4.74 Å². The summed E-state index contributed by atoms with van der Waals surface area (Å²) in [6.07, 6.45) is -0.0479. The van der Waals surface area contributed by atoms with Gasteiger partial charge in [0.05, 0.1) is 24.0 Å². The van der Waals surface area contributed by atoms with Crippen LogP contribution in [0.2, 0.25) is 0 Å². The van der Waals surface area contributed by atoms with Crippen molar-refractivity contribution in [2.45, 2.75) is 13.0 Å². The molecule has 1 heterocycles. The number of nitrogens with one attached hydrogen (secondary N) is 1. The van der Waals surface area contributed by atoms with Crippen LogP contribution in [0, 0.1) is 0 Å². The Morgan fingerprint density at radius 3 is 2.85 bits per heavy atom. The zero-order valence-corrected chi connectivity index (χ0v) is 11.0. The maximum absolute atomic E-state index is 12.1. The van der Waals surface area contributed by atoms with Crippen molar-refractivity contribution in [3.05, 3.63) is 23.8 Å². The Labute approximate surface area is 115 Å². The number of benzene rings is 1. The van der Waals surface area contributed by atoms with E-state index in [0.29, 0.717) is 19.7 Å². The van der Waals surface area contributed by atoms with Crippen LogP contribution in [0.4, 0.5) is 10.5 Å². The van der Waals surface area contributed by atoms with E-state index in [9.17, 15) is 14.7 Å². The molecule has 7 nitrogen and oxygen atoms in total. The van der Waals surface area contributed by atoms with Crippen molar-refractivity contribution >= 4 is 17.7 Å². The molecule has 1 unspecified atom stereocenters. The van der Waals surface area contributed by atoms with Gasteiger partial charge in [-0.25, -0.2) is 9.59 Å². The van der Waals surface area contributed by atoms with Crippen LogP contribution in [0.3, 0.4) is 0 Å². The normalized spacial score (nSPS) is 18.6. The van der Waals surface area contributed by atoms with E-state index in [2.05, 4.69) is 5.32 Å². The van der Waals surface area contributed by atoms with E-state index in [1.807, 2.05) is 6.92 Å². The zero-order valence-electron chi connectivity index (χ0n) is 11.0. The van der Waals surface area contributed by atoms with E-state index in [1.165, 1.54) is 12.1 Å².